The molecule has 2 rings (SSSR count). The van der Waals surface area contributed by atoms with Crippen LogP contribution in [0.2, 0.25) is 0 Å². The minimum Gasteiger partial charge on any atom is -0.469 e. The van der Waals surface area contributed by atoms with Gasteiger partial charge in [-0.2, -0.15) is 0 Å². The summed E-state index contributed by atoms with van der Waals surface area (Å²) in [7, 11) is 1.35. The highest BCUT2D eigenvalue weighted by Crippen LogP contribution is 2.40. The molecule has 1 fully saturated rings. The molecule has 0 atom stereocenters. The Hall–Kier alpha value is -1.38. The van der Waals surface area contributed by atoms with E-state index in [1.165, 1.54) is 57.3 Å². The van der Waals surface area contributed by atoms with E-state index in [4.69, 9.17) is 0 Å². The number of carbonyl (C=O) groups is 1. The molecule has 1 aromatic carbocycles. The van der Waals surface area contributed by atoms with Gasteiger partial charge in [-0.25, -0.2) is 4.39 Å². The number of hydrogen-bond donors (Lipinski definition) is 0. The first kappa shape index (κ1) is 16.7. The third-order valence-corrected chi connectivity index (χ3v) is 4.09. The molecular weight excluding hydrogens is 255 g/mol. The molecule has 0 saturated heterocycles. The maximum Gasteiger partial charge on any atom is 0.302 e. The maximum absolute atomic E-state index is 13.3. The first-order valence-electron chi connectivity index (χ1n) is 7.20. The van der Waals surface area contributed by atoms with Gasteiger partial charge in [0.2, 0.25) is 0 Å². The van der Waals surface area contributed by atoms with Crippen LogP contribution in [0, 0.1) is 12.7 Å². The van der Waals surface area contributed by atoms with Gasteiger partial charge in [-0.15, -0.1) is 0 Å². The molecule has 1 aliphatic carbocycles. The van der Waals surface area contributed by atoms with Crippen LogP contribution in [0.4, 0.5) is 4.39 Å². The van der Waals surface area contributed by atoms with E-state index in [1.54, 1.807) is 12.1 Å². The summed E-state index contributed by atoms with van der Waals surface area (Å²) in [6.45, 7) is 5.74. The quantitative estimate of drug-likeness (QED) is 0.706. The molecule has 0 N–H and O–H groups in total. The number of hydrogen-bond acceptors (Lipinski definition) is 2. The minimum atomic E-state index is -0.245. The number of esters is 1. The van der Waals surface area contributed by atoms with Gasteiger partial charge in [0.05, 0.1) is 7.11 Å². The van der Waals surface area contributed by atoms with Crippen LogP contribution in [-0.4, -0.2) is 13.1 Å². The number of halogens is 1. The monoisotopic (exact) mass is 280 g/mol. The van der Waals surface area contributed by atoms with Crippen LogP contribution in [-0.2, 0) is 14.9 Å². The lowest BCUT2D eigenvalue weighted by Gasteiger charge is -2.35. The Kier molecular flexibility index (Phi) is 6.18. The van der Waals surface area contributed by atoms with E-state index in [2.05, 4.69) is 18.6 Å². The average molecular weight is 280 g/mol. The molecule has 1 aliphatic rings. The van der Waals surface area contributed by atoms with E-state index >= 15 is 0 Å². The Morgan fingerprint density at radius 2 is 1.80 bits per heavy atom. The van der Waals surface area contributed by atoms with Crippen LogP contribution >= 0.6 is 0 Å². The Labute approximate surface area is 121 Å². The summed E-state index contributed by atoms with van der Waals surface area (Å²) in [5.74, 6) is -0.340. The summed E-state index contributed by atoms with van der Waals surface area (Å²) in [6, 6.07) is 5.20. The van der Waals surface area contributed by atoms with Crippen molar-refractivity contribution < 1.29 is 13.9 Å². The van der Waals surface area contributed by atoms with Crippen LogP contribution in [0.25, 0.3) is 0 Å². The second-order valence-corrected chi connectivity index (χ2v) is 5.78. The van der Waals surface area contributed by atoms with Crippen molar-refractivity contribution in [3.05, 3.63) is 35.1 Å². The third-order valence-electron chi connectivity index (χ3n) is 4.09. The highest BCUT2D eigenvalue weighted by molar-refractivity contribution is 5.65. The van der Waals surface area contributed by atoms with E-state index in [0.717, 1.165) is 0 Å². The number of carbonyl (C=O) groups excluding carboxylic acids is 1. The standard InChI is InChI=1S/C14H19F.C3H6O2/c1-11-6-7-12(15)10-13(11)14(2)8-4-3-5-9-14;1-3(4)5-2/h6-7,10H,3-5,8-9H2,1-2H3;1-2H3. The highest BCUT2D eigenvalue weighted by atomic mass is 19.1. The first-order chi connectivity index (χ1) is 9.39. The zero-order valence-electron chi connectivity index (χ0n) is 13.0. The number of benzene rings is 1. The first-order valence-corrected chi connectivity index (χ1v) is 7.20. The SMILES string of the molecule is COC(C)=O.Cc1ccc(F)cc1C1(C)CCCCC1. The number of ether oxygens (including phenoxy) is 1. The molecule has 0 unspecified atom stereocenters. The number of methoxy groups -OCH3 is 1. The summed E-state index contributed by atoms with van der Waals surface area (Å²) >= 11 is 0. The zero-order chi connectivity index (χ0) is 15.2. The van der Waals surface area contributed by atoms with Crippen LogP contribution in [0.3, 0.4) is 0 Å². The average Bonchev–Trinajstić information content (AvgIpc) is 2.43. The lowest BCUT2D eigenvalue weighted by molar-refractivity contribution is -0.137. The van der Waals surface area contributed by atoms with Crippen molar-refractivity contribution >= 4 is 5.97 Å². The molecule has 112 valence electrons. The molecule has 1 aromatic rings. The fourth-order valence-corrected chi connectivity index (χ4v) is 2.85. The molecule has 0 amide bonds. The number of aryl methyl sites for hydroxylation is 1. The summed E-state index contributed by atoms with van der Waals surface area (Å²) in [4.78, 5) is 9.59. The zero-order valence-corrected chi connectivity index (χ0v) is 13.0. The van der Waals surface area contributed by atoms with E-state index in [1.807, 2.05) is 6.07 Å². The summed E-state index contributed by atoms with van der Waals surface area (Å²) in [5.41, 5.74) is 2.67. The summed E-state index contributed by atoms with van der Waals surface area (Å²) < 4.78 is 17.4. The van der Waals surface area contributed by atoms with Crippen LogP contribution in [0.5, 0.6) is 0 Å². The van der Waals surface area contributed by atoms with Gasteiger partial charge in [-0.3, -0.25) is 4.79 Å². The van der Waals surface area contributed by atoms with Gasteiger partial charge < -0.3 is 4.74 Å². The topological polar surface area (TPSA) is 26.3 Å². The smallest absolute Gasteiger partial charge is 0.302 e. The lowest BCUT2D eigenvalue weighted by atomic mass is 9.70. The van der Waals surface area contributed by atoms with Crippen molar-refractivity contribution in [2.24, 2.45) is 0 Å². The molecule has 0 radical (unpaired) electrons. The van der Waals surface area contributed by atoms with E-state index in [-0.39, 0.29) is 17.2 Å². The van der Waals surface area contributed by atoms with Gasteiger partial charge >= 0.3 is 5.97 Å². The Morgan fingerprint density at radius 3 is 2.30 bits per heavy atom. The largest absolute Gasteiger partial charge is 0.469 e. The Morgan fingerprint density at radius 1 is 1.25 bits per heavy atom. The molecule has 0 heterocycles. The van der Waals surface area contributed by atoms with Crippen LogP contribution in [0.1, 0.15) is 57.1 Å². The van der Waals surface area contributed by atoms with Crippen molar-refractivity contribution in [1.29, 1.82) is 0 Å². The van der Waals surface area contributed by atoms with Crippen molar-refractivity contribution in [3.8, 4) is 0 Å². The van der Waals surface area contributed by atoms with Crippen LogP contribution in [0.15, 0.2) is 18.2 Å². The minimum absolute atomic E-state index is 0.0950. The van der Waals surface area contributed by atoms with Gasteiger partial charge in [-0.05, 0) is 48.4 Å². The molecule has 0 aromatic heterocycles. The van der Waals surface area contributed by atoms with Crippen molar-refractivity contribution in [1.82, 2.24) is 0 Å². The molecule has 2 nitrogen and oxygen atoms in total. The third kappa shape index (κ3) is 4.62. The fourth-order valence-electron chi connectivity index (χ4n) is 2.85. The Balaban J connectivity index is 0.000000347. The van der Waals surface area contributed by atoms with Gasteiger partial charge in [0.15, 0.2) is 0 Å². The summed E-state index contributed by atoms with van der Waals surface area (Å²) in [6.07, 6.45) is 6.32. The fraction of sp³-hybridized carbons (Fsp3) is 0.588. The van der Waals surface area contributed by atoms with Crippen LogP contribution < -0.4 is 0 Å². The molecule has 20 heavy (non-hydrogen) atoms. The predicted octanol–water partition coefficient (Wildman–Crippen LogP) is 4.54. The van der Waals surface area contributed by atoms with E-state index in [0.29, 0.717) is 0 Å². The van der Waals surface area contributed by atoms with E-state index < -0.39 is 0 Å². The second-order valence-electron chi connectivity index (χ2n) is 5.78. The van der Waals surface area contributed by atoms with Gasteiger partial charge in [0.1, 0.15) is 5.82 Å². The lowest BCUT2D eigenvalue weighted by Crippen LogP contribution is -2.26. The molecule has 0 spiro atoms. The summed E-state index contributed by atoms with van der Waals surface area (Å²) in [5, 5.41) is 0. The number of rotatable bonds is 1. The van der Waals surface area contributed by atoms with Crippen molar-refractivity contribution in [2.75, 3.05) is 7.11 Å². The molecule has 3 heteroatoms. The predicted molar refractivity (Wildman–Crippen MR) is 79.3 cm³/mol. The van der Waals surface area contributed by atoms with Crippen molar-refractivity contribution in [3.63, 3.8) is 0 Å². The highest BCUT2D eigenvalue weighted by Gasteiger charge is 2.30. The van der Waals surface area contributed by atoms with Crippen molar-refractivity contribution in [2.45, 2.75) is 58.3 Å². The maximum atomic E-state index is 13.3. The van der Waals surface area contributed by atoms with Gasteiger partial charge in [-0.1, -0.05) is 32.3 Å². The Bertz CT molecular complexity index is 448. The normalized spacial score (nSPS) is 16.9. The molecular formula is C17H25FO2. The second kappa shape index (κ2) is 7.41. The molecule has 0 bridgehead atoms. The molecule has 1 saturated carbocycles. The van der Waals surface area contributed by atoms with Gasteiger partial charge in [0.25, 0.3) is 0 Å². The van der Waals surface area contributed by atoms with Gasteiger partial charge in [0, 0.05) is 6.92 Å². The molecule has 0 aliphatic heterocycles. The van der Waals surface area contributed by atoms with E-state index in [9.17, 15) is 9.18 Å².